The zero-order valence-electron chi connectivity index (χ0n) is 15.2. The Morgan fingerprint density at radius 2 is 1.81 bits per heavy atom. The highest BCUT2D eigenvalue weighted by Gasteiger charge is 2.09. The van der Waals surface area contributed by atoms with Crippen molar-refractivity contribution >= 4 is 17.5 Å². The summed E-state index contributed by atoms with van der Waals surface area (Å²) in [4.78, 5) is 24.0. The molecule has 6 nitrogen and oxygen atoms in total. The van der Waals surface area contributed by atoms with E-state index in [4.69, 9.17) is 9.47 Å². The van der Waals surface area contributed by atoms with E-state index in [1.165, 1.54) is 0 Å². The molecule has 0 saturated heterocycles. The van der Waals surface area contributed by atoms with Gasteiger partial charge in [0.05, 0.1) is 7.11 Å². The van der Waals surface area contributed by atoms with Gasteiger partial charge in [-0.15, -0.1) is 0 Å². The molecule has 0 spiro atoms. The van der Waals surface area contributed by atoms with Crippen LogP contribution in [0.3, 0.4) is 0 Å². The number of methoxy groups -OCH3 is 1. The second kappa shape index (κ2) is 9.46. The highest BCUT2D eigenvalue weighted by Crippen LogP contribution is 2.17. The molecule has 1 atom stereocenters. The maximum atomic E-state index is 12.0. The van der Waals surface area contributed by atoms with Crippen LogP contribution in [-0.4, -0.2) is 31.6 Å². The predicted octanol–water partition coefficient (Wildman–Crippen LogP) is 3.24. The van der Waals surface area contributed by atoms with Crippen LogP contribution in [0.1, 0.15) is 30.6 Å². The first-order chi connectivity index (χ1) is 12.5. The van der Waals surface area contributed by atoms with E-state index in [1.807, 2.05) is 13.8 Å². The Morgan fingerprint density at radius 1 is 1.08 bits per heavy atom. The van der Waals surface area contributed by atoms with Crippen LogP contribution in [0.25, 0.3) is 0 Å². The van der Waals surface area contributed by atoms with E-state index in [2.05, 4.69) is 10.6 Å². The molecule has 2 rings (SSSR count). The molecule has 2 aromatic carbocycles. The molecular formula is C20H24N2O4. The topological polar surface area (TPSA) is 76.7 Å². The molecule has 0 heterocycles. The maximum absolute atomic E-state index is 12.0. The van der Waals surface area contributed by atoms with Crippen LogP contribution in [0.15, 0.2) is 48.5 Å². The average molecular weight is 356 g/mol. The Morgan fingerprint density at radius 3 is 2.46 bits per heavy atom. The van der Waals surface area contributed by atoms with Gasteiger partial charge in [0.15, 0.2) is 6.61 Å². The average Bonchev–Trinajstić information content (AvgIpc) is 2.66. The molecule has 0 bridgehead atoms. The predicted molar refractivity (Wildman–Crippen MR) is 101 cm³/mol. The Kier molecular flexibility index (Phi) is 7.02. The molecule has 0 aliphatic heterocycles. The second-order valence-corrected chi connectivity index (χ2v) is 5.88. The monoisotopic (exact) mass is 356 g/mol. The van der Waals surface area contributed by atoms with Crippen molar-refractivity contribution in [3.8, 4) is 11.5 Å². The molecule has 0 aromatic heterocycles. The fourth-order valence-electron chi connectivity index (χ4n) is 2.16. The zero-order valence-corrected chi connectivity index (χ0v) is 15.2. The molecule has 0 fully saturated rings. The Balaban J connectivity index is 1.85. The molecule has 0 unspecified atom stereocenters. The summed E-state index contributed by atoms with van der Waals surface area (Å²) in [6.45, 7) is 3.84. The number of anilines is 1. The van der Waals surface area contributed by atoms with E-state index in [1.54, 1.807) is 55.6 Å². The van der Waals surface area contributed by atoms with Gasteiger partial charge in [0.1, 0.15) is 11.5 Å². The number of carbonyl (C=O) groups is 2. The summed E-state index contributed by atoms with van der Waals surface area (Å²) < 4.78 is 10.6. The number of nitrogens with one attached hydrogen (secondary N) is 2. The molecule has 2 aromatic rings. The van der Waals surface area contributed by atoms with E-state index in [0.29, 0.717) is 22.7 Å². The van der Waals surface area contributed by atoms with Crippen LogP contribution in [0, 0.1) is 0 Å². The van der Waals surface area contributed by atoms with Crippen LogP contribution in [-0.2, 0) is 4.79 Å². The fourth-order valence-corrected chi connectivity index (χ4v) is 2.16. The first kappa shape index (κ1) is 19.3. The van der Waals surface area contributed by atoms with Gasteiger partial charge in [0.25, 0.3) is 11.8 Å². The summed E-state index contributed by atoms with van der Waals surface area (Å²) in [5.74, 6) is 0.777. The minimum atomic E-state index is -0.281. The molecule has 2 amide bonds. The van der Waals surface area contributed by atoms with Crippen LogP contribution < -0.4 is 20.1 Å². The number of hydrogen-bond acceptors (Lipinski definition) is 4. The van der Waals surface area contributed by atoms with Crippen molar-refractivity contribution in [1.82, 2.24) is 5.32 Å². The quantitative estimate of drug-likeness (QED) is 0.761. The third kappa shape index (κ3) is 5.81. The number of benzene rings is 2. The Hall–Kier alpha value is -3.02. The molecule has 0 aliphatic rings. The van der Waals surface area contributed by atoms with Crippen molar-refractivity contribution in [2.24, 2.45) is 0 Å². The summed E-state index contributed by atoms with van der Waals surface area (Å²) in [7, 11) is 1.57. The molecule has 0 aliphatic carbocycles. The van der Waals surface area contributed by atoms with Gasteiger partial charge in [-0.3, -0.25) is 9.59 Å². The minimum absolute atomic E-state index is 0.123. The summed E-state index contributed by atoms with van der Waals surface area (Å²) in [5.41, 5.74) is 1.19. The first-order valence-corrected chi connectivity index (χ1v) is 8.49. The van der Waals surface area contributed by atoms with E-state index in [9.17, 15) is 9.59 Å². The van der Waals surface area contributed by atoms with Gasteiger partial charge in [-0.25, -0.2) is 0 Å². The van der Waals surface area contributed by atoms with Gasteiger partial charge in [-0.1, -0.05) is 13.0 Å². The summed E-state index contributed by atoms with van der Waals surface area (Å²) in [6, 6.07) is 13.9. The largest absolute Gasteiger partial charge is 0.497 e. The minimum Gasteiger partial charge on any atom is -0.497 e. The van der Waals surface area contributed by atoms with E-state index in [-0.39, 0.29) is 24.5 Å². The van der Waals surface area contributed by atoms with Gasteiger partial charge in [0.2, 0.25) is 0 Å². The summed E-state index contributed by atoms with van der Waals surface area (Å²) in [5, 5.41) is 5.63. The zero-order chi connectivity index (χ0) is 18.9. The van der Waals surface area contributed by atoms with E-state index in [0.717, 1.165) is 6.42 Å². The van der Waals surface area contributed by atoms with Gasteiger partial charge in [-0.2, -0.15) is 0 Å². The lowest BCUT2D eigenvalue weighted by Crippen LogP contribution is -2.31. The SMILES string of the molecule is CC[C@@H](C)NC(=O)c1ccc(OCC(=O)Nc2cccc(OC)c2)cc1. The third-order valence-electron chi connectivity index (χ3n) is 3.83. The Bertz CT molecular complexity index is 744. The van der Waals surface area contributed by atoms with Crippen LogP contribution >= 0.6 is 0 Å². The molecule has 138 valence electrons. The number of amides is 2. The van der Waals surface area contributed by atoms with Crippen LogP contribution in [0.4, 0.5) is 5.69 Å². The van der Waals surface area contributed by atoms with Crippen molar-refractivity contribution in [3.05, 3.63) is 54.1 Å². The van der Waals surface area contributed by atoms with Gasteiger partial charge in [0, 0.05) is 23.4 Å². The number of hydrogen-bond donors (Lipinski definition) is 2. The van der Waals surface area contributed by atoms with Crippen molar-refractivity contribution in [2.75, 3.05) is 19.0 Å². The van der Waals surface area contributed by atoms with Crippen LogP contribution in [0.2, 0.25) is 0 Å². The molecule has 2 N–H and O–H groups in total. The van der Waals surface area contributed by atoms with Gasteiger partial charge < -0.3 is 20.1 Å². The van der Waals surface area contributed by atoms with Crippen molar-refractivity contribution in [1.29, 1.82) is 0 Å². The summed E-state index contributed by atoms with van der Waals surface area (Å²) >= 11 is 0. The molecular weight excluding hydrogens is 332 g/mol. The van der Waals surface area contributed by atoms with Gasteiger partial charge in [-0.05, 0) is 49.7 Å². The highest BCUT2D eigenvalue weighted by atomic mass is 16.5. The highest BCUT2D eigenvalue weighted by molar-refractivity contribution is 5.94. The smallest absolute Gasteiger partial charge is 0.262 e. The standard InChI is InChI=1S/C20H24N2O4/c1-4-14(2)21-20(24)15-8-10-17(11-9-15)26-13-19(23)22-16-6-5-7-18(12-16)25-3/h5-12,14H,4,13H2,1-3H3,(H,21,24)(H,22,23)/t14-/m1/s1. The third-order valence-corrected chi connectivity index (χ3v) is 3.83. The fraction of sp³-hybridized carbons (Fsp3) is 0.300. The number of rotatable bonds is 8. The lowest BCUT2D eigenvalue weighted by molar-refractivity contribution is -0.118. The number of ether oxygens (including phenoxy) is 2. The lowest BCUT2D eigenvalue weighted by atomic mass is 10.2. The maximum Gasteiger partial charge on any atom is 0.262 e. The first-order valence-electron chi connectivity index (χ1n) is 8.49. The summed E-state index contributed by atoms with van der Waals surface area (Å²) in [6.07, 6.45) is 0.870. The van der Waals surface area contributed by atoms with E-state index >= 15 is 0 Å². The molecule has 0 radical (unpaired) electrons. The number of carbonyl (C=O) groups excluding carboxylic acids is 2. The van der Waals surface area contributed by atoms with Crippen LogP contribution in [0.5, 0.6) is 11.5 Å². The van der Waals surface area contributed by atoms with Crippen molar-refractivity contribution in [3.63, 3.8) is 0 Å². The molecule has 26 heavy (non-hydrogen) atoms. The van der Waals surface area contributed by atoms with E-state index < -0.39 is 0 Å². The Labute approximate surface area is 153 Å². The van der Waals surface area contributed by atoms with Gasteiger partial charge >= 0.3 is 0 Å². The lowest BCUT2D eigenvalue weighted by Gasteiger charge is -2.12. The van der Waals surface area contributed by atoms with Crippen molar-refractivity contribution < 1.29 is 19.1 Å². The van der Waals surface area contributed by atoms with Crippen molar-refractivity contribution in [2.45, 2.75) is 26.3 Å². The normalized spacial score (nSPS) is 11.3. The molecule has 6 heteroatoms. The second-order valence-electron chi connectivity index (χ2n) is 5.88. The molecule has 0 saturated carbocycles.